The Morgan fingerprint density at radius 3 is 2.26 bits per heavy atom. The summed E-state index contributed by atoms with van der Waals surface area (Å²) in [5, 5.41) is 14.8. The van der Waals surface area contributed by atoms with Gasteiger partial charge in [0.2, 0.25) is 5.91 Å². The van der Waals surface area contributed by atoms with Crippen LogP contribution in [0.5, 0.6) is 0 Å². The van der Waals surface area contributed by atoms with Crippen LogP contribution in [0.1, 0.15) is 43.2 Å². The highest BCUT2D eigenvalue weighted by Crippen LogP contribution is 2.44. The van der Waals surface area contributed by atoms with Gasteiger partial charge in [0.05, 0.1) is 12.0 Å². The Labute approximate surface area is 205 Å². The van der Waals surface area contributed by atoms with Crippen LogP contribution in [-0.4, -0.2) is 55.5 Å². The molecule has 0 aromatic heterocycles. The van der Waals surface area contributed by atoms with Gasteiger partial charge in [-0.05, 0) is 47.9 Å². The minimum Gasteiger partial charge on any atom is -0.481 e. The largest absolute Gasteiger partial charge is 0.481 e. The second-order valence-corrected chi connectivity index (χ2v) is 9.27. The number of hydrogen-bond donors (Lipinski definition) is 3. The quantitative estimate of drug-likeness (QED) is 0.506. The highest BCUT2D eigenvalue weighted by molar-refractivity contribution is 5.86. The Balaban J connectivity index is 1.37. The number of carbonyl (C=O) groups is 3. The molecule has 0 heterocycles. The van der Waals surface area contributed by atoms with E-state index in [2.05, 4.69) is 22.8 Å². The standard InChI is InChI=1S/C27H32N2O6/c1-16(34-2)24(25(30)28-14-17-8-7-13-18(17)26(31)32)29-27(33)35-15-23-21-11-5-3-9-19(21)20-10-4-6-12-22(20)23/h3-6,9-12,16-18,23-24H,7-8,13-15H2,1-2H3,(H,28,30)(H,29,33)(H,31,32)/t16-,17?,18?,24+/m1/s1. The molecular formula is C27H32N2O6. The molecule has 186 valence electrons. The molecule has 2 aliphatic rings. The van der Waals surface area contributed by atoms with Crippen LogP contribution >= 0.6 is 0 Å². The molecule has 2 aliphatic carbocycles. The Morgan fingerprint density at radius 2 is 1.66 bits per heavy atom. The first-order valence-electron chi connectivity index (χ1n) is 12.1. The molecule has 0 saturated heterocycles. The highest BCUT2D eigenvalue weighted by atomic mass is 16.5. The maximum absolute atomic E-state index is 12.9. The number of rotatable bonds is 9. The maximum atomic E-state index is 12.9. The van der Waals surface area contributed by atoms with Crippen LogP contribution in [0.15, 0.2) is 48.5 Å². The van der Waals surface area contributed by atoms with E-state index in [4.69, 9.17) is 9.47 Å². The first-order chi connectivity index (χ1) is 16.9. The highest BCUT2D eigenvalue weighted by Gasteiger charge is 2.35. The molecule has 2 aromatic carbocycles. The summed E-state index contributed by atoms with van der Waals surface area (Å²) in [5.41, 5.74) is 4.47. The molecule has 0 aliphatic heterocycles. The van der Waals surface area contributed by atoms with Gasteiger partial charge in [-0.3, -0.25) is 9.59 Å². The molecule has 2 amide bonds. The van der Waals surface area contributed by atoms with E-state index >= 15 is 0 Å². The molecule has 8 nitrogen and oxygen atoms in total. The van der Waals surface area contributed by atoms with Crippen molar-refractivity contribution in [3.05, 3.63) is 59.7 Å². The zero-order valence-electron chi connectivity index (χ0n) is 20.0. The number of amides is 2. The Kier molecular flexibility index (Phi) is 7.70. The molecule has 3 N–H and O–H groups in total. The first-order valence-corrected chi connectivity index (χ1v) is 12.1. The van der Waals surface area contributed by atoms with Crippen LogP contribution in [0, 0.1) is 11.8 Å². The maximum Gasteiger partial charge on any atom is 0.407 e. The predicted octanol–water partition coefficient (Wildman–Crippen LogP) is 3.55. The SMILES string of the molecule is CO[C@H](C)[C@H](NC(=O)OCC1c2ccccc2-c2ccccc21)C(=O)NCC1CCCC1C(=O)O. The molecule has 2 unspecified atom stereocenters. The van der Waals surface area contributed by atoms with Crippen molar-refractivity contribution < 1.29 is 29.0 Å². The lowest BCUT2D eigenvalue weighted by atomic mass is 9.96. The number of nitrogens with one attached hydrogen (secondary N) is 2. The fourth-order valence-corrected chi connectivity index (χ4v) is 5.25. The zero-order chi connectivity index (χ0) is 24.9. The van der Waals surface area contributed by atoms with Crippen molar-refractivity contribution in [2.24, 2.45) is 11.8 Å². The fraction of sp³-hybridized carbons (Fsp3) is 0.444. The number of ether oxygens (including phenoxy) is 2. The van der Waals surface area contributed by atoms with E-state index in [1.54, 1.807) is 6.92 Å². The third kappa shape index (κ3) is 5.32. The van der Waals surface area contributed by atoms with Crippen LogP contribution in [-0.2, 0) is 19.1 Å². The molecule has 1 saturated carbocycles. The monoisotopic (exact) mass is 480 g/mol. The summed E-state index contributed by atoms with van der Waals surface area (Å²) in [7, 11) is 1.46. The predicted molar refractivity (Wildman–Crippen MR) is 130 cm³/mol. The molecule has 8 heteroatoms. The zero-order valence-corrected chi connectivity index (χ0v) is 20.0. The van der Waals surface area contributed by atoms with Gasteiger partial charge in [-0.2, -0.15) is 0 Å². The Hall–Kier alpha value is -3.39. The number of carbonyl (C=O) groups excluding carboxylic acids is 2. The third-order valence-corrected chi connectivity index (χ3v) is 7.26. The summed E-state index contributed by atoms with van der Waals surface area (Å²) >= 11 is 0. The second kappa shape index (κ2) is 10.9. The summed E-state index contributed by atoms with van der Waals surface area (Å²) < 4.78 is 10.9. The molecule has 0 bridgehead atoms. The molecule has 2 aromatic rings. The Morgan fingerprint density at radius 1 is 1.03 bits per heavy atom. The number of aliphatic carboxylic acids is 1. The fourth-order valence-electron chi connectivity index (χ4n) is 5.25. The number of carboxylic acid groups (broad SMARTS) is 1. The van der Waals surface area contributed by atoms with Gasteiger partial charge in [-0.15, -0.1) is 0 Å². The minimum atomic E-state index is -0.972. The first kappa shape index (κ1) is 24.7. The normalized spacial score (nSPS) is 20.4. The van der Waals surface area contributed by atoms with Crippen molar-refractivity contribution in [3.8, 4) is 11.1 Å². The van der Waals surface area contributed by atoms with Gasteiger partial charge in [0.15, 0.2) is 0 Å². The van der Waals surface area contributed by atoms with E-state index in [-0.39, 0.29) is 25.0 Å². The van der Waals surface area contributed by atoms with Crippen molar-refractivity contribution in [2.75, 3.05) is 20.3 Å². The van der Waals surface area contributed by atoms with Crippen molar-refractivity contribution in [2.45, 2.75) is 44.2 Å². The van der Waals surface area contributed by atoms with Crippen LogP contribution in [0.4, 0.5) is 4.79 Å². The lowest BCUT2D eigenvalue weighted by Gasteiger charge is -2.25. The van der Waals surface area contributed by atoms with E-state index in [0.29, 0.717) is 6.42 Å². The van der Waals surface area contributed by atoms with Crippen molar-refractivity contribution in [1.29, 1.82) is 0 Å². The molecule has 0 radical (unpaired) electrons. The van der Waals surface area contributed by atoms with Crippen molar-refractivity contribution in [1.82, 2.24) is 10.6 Å². The van der Waals surface area contributed by atoms with Gasteiger partial charge in [0.25, 0.3) is 0 Å². The lowest BCUT2D eigenvalue weighted by Crippen LogP contribution is -2.54. The summed E-state index contributed by atoms with van der Waals surface area (Å²) in [6.45, 7) is 2.07. The lowest BCUT2D eigenvalue weighted by molar-refractivity contribution is -0.143. The van der Waals surface area contributed by atoms with Gasteiger partial charge >= 0.3 is 12.1 Å². The molecule has 4 rings (SSSR count). The topological polar surface area (TPSA) is 114 Å². The molecule has 0 spiro atoms. The smallest absolute Gasteiger partial charge is 0.407 e. The van der Waals surface area contributed by atoms with E-state index in [1.165, 1.54) is 7.11 Å². The van der Waals surface area contributed by atoms with Gasteiger partial charge in [0, 0.05) is 19.6 Å². The minimum absolute atomic E-state index is 0.0874. The second-order valence-electron chi connectivity index (χ2n) is 9.27. The summed E-state index contributed by atoms with van der Waals surface area (Å²) in [4.78, 5) is 37.0. The number of alkyl carbamates (subject to hydrolysis) is 1. The summed E-state index contributed by atoms with van der Waals surface area (Å²) in [6, 6.07) is 15.2. The number of benzene rings is 2. The number of hydrogen-bond acceptors (Lipinski definition) is 5. The Bertz CT molecular complexity index is 1040. The van der Waals surface area contributed by atoms with E-state index < -0.39 is 36.0 Å². The van der Waals surface area contributed by atoms with Crippen molar-refractivity contribution in [3.63, 3.8) is 0 Å². The van der Waals surface area contributed by atoms with E-state index in [9.17, 15) is 19.5 Å². The van der Waals surface area contributed by atoms with E-state index in [0.717, 1.165) is 35.1 Å². The third-order valence-electron chi connectivity index (χ3n) is 7.26. The molecule has 1 fully saturated rings. The van der Waals surface area contributed by atoms with Crippen LogP contribution in [0.25, 0.3) is 11.1 Å². The molecule has 35 heavy (non-hydrogen) atoms. The van der Waals surface area contributed by atoms with Crippen LogP contribution in [0.3, 0.4) is 0 Å². The van der Waals surface area contributed by atoms with E-state index in [1.807, 2.05) is 36.4 Å². The van der Waals surface area contributed by atoms with Gasteiger partial charge in [-0.25, -0.2) is 4.79 Å². The molecule has 4 atom stereocenters. The van der Waals surface area contributed by atoms with Gasteiger partial charge in [-0.1, -0.05) is 55.0 Å². The van der Waals surface area contributed by atoms with Crippen LogP contribution < -0.4 is 10.6 Å². The summed E-state index contributed by atoms with van der Waals surface area (Å²) in [6.07, 6.45) is 0.885. The molecular weight excluding hydrogens is 448 g/mol. The number of carboxylic acids is 1. The average Bonchev–Trinajstić information content (AvgIpc) is 3.47. The van der Waals surface area contributed by atoms with Gasteiger partial charge in [0.1, 0.15) is 12.6 Å². The summed E-state index contributed by atoms with van der Waals surface area (Å²) in [5.74, 6) is -1.92. The number of fused-ring (bicyclic) bond motifs is 3. The van der Waals surface area contributed by atoms with Crippen LogP contribution in [0.2, 0.25) is 0 Å². The van der Waals surface area contributed by atoms with Gasteiger partial charge < -0.3 is 25.2 Å². The average molecular weight is 481 g/mol. The number of methoxy groups -OCH3 is 1. The van der Waals surface area contributed by atoms with Crippen molar-refractivity contribution >= 4 is 18.0 Å².